The van der Waals surface area contributed by atoms with Gasteiger partial charge in [-0.3, -0.25) is 0 Å². The van der Waals surface area contributed by atoms with Gasteiger partial charge >= 0.3 is 0 Å². The number of hydrogen-bond acceptors (Lipinski definition) is 4. The number of benzene rings is 3. The highest BCUT2D eigenvalue weighted by atomic mass is 16.5. The molecule has 6 nitrogen and oxygen atoms in total. The molecule has 2 heterocycles. The molecule has 5 aromatic rings. The summed E-state index contributed by atoms with van der Waals surface area (Å²) in [6.07, 6.45) is 7.06. The lowest BCUT2D eigenvalue weighted by Gasteiger charge is -2.26. The molecular weight excluding hydrogens is 422 g/mol. The Labute approximate surface area is 199 Å². The van der Waals surface area contributed by atoms with E-state index in [1.165, 1.54) is 11.1 Å². The van der Waals surface area contributed by atoms with Crippen LogP contribution in [-0.4, -0.2) is 32.3 Å². The summed E-state index contributed by atoms with van der Waals surface area (Å²) in [6, 6.07) is 27.3. The van der Waals surface area contributed by atoms with Crippen LogP contribution in [0.1, 0.15) is 30.5 Å². The van der Waals surface area contributed by atoms with E-state index < -0.39 is 0 Å². The van der Waals surface area contributed by atoms with Gasteiger partial charge in [0.1, 0.15) is 25.0 Å². The fourth-order valence-electron chi connectivity index (χ4n) is 4.20. The van der Waals surface area contributed by atoms with E-state index in [0.29, 0.717) is 6.61 Å². The second-order valence-electron chi connectivity index (χ2n) is 8.75. The standard InChI is InChI=1S/C28H27N5O/c1-28(2,23-8-4-3-5-9-23)24-12-14-25(15-13-24)34-17-16-32-19-22(18-31-33-20-29-30-21-33)26-10-6-7-11-27(26)32/h3-15,18-21H,16-17H2,1-2H3/b31-18-. The molecule has 5 rings (SSSR count). The Kier molecular flexibility index (Phi) is 5.95. The SMILES string of the molecule is CC(C)(c1ccccc1)c1ccc(OCCn2cc(/C=N\n3cnnc3)c3ccccc32)cc1. The third-order valence-electron chi connectivity index (χ3n) is 6.23. The number of para-hydroxylation sites is 1. The Balaban J connectivity index is 1.27. The van der Waals surface area contributed by atoms with Gasteiger partial charge in [0, 0.05) is 28.1 Å². The van der Waals surface area contributed by atoms with Gasteiger partial charge in [0.05, 0.1) is 12.8 Å². The van der Waals surface area contributed by atoms with Crippen molar-refractivity contribution in [3.05, 3.63) is 114 Å². The van der Waals surface area contributed by atoms with Crippen LogP contribution in [0.3, 0.4) is 0 Å². The molecule has 0 aliphatic heterocycles. The van der Waals surface area contributed by atoms with E-state index in [4.69, 9.17) is 4.74 Å². The molecule has 170 valence electrons. The molecule has 34 heavy (non-hydrogen) atoms. The number of aromatic nitrogens is 4. The lowest BCUT2D eigenvalue weighted by atomic mass is 9.78. The van der Waals surface area contributed by atoms with Crippen LogP contribution in [0.4, 0.5) is 0 Å². The van der Waals surface area contributed by atoms with Crippen molar-refractivity contribution in [3.63, 3.8) is 0 Å². The van der Waals surface area contributed by atoms with Gasteiger partial charge in [-0.05, 0) is 29.3 Å². The Morgan fingerprint density at radius 2 is 1.53 bits per heavy atom. The molecule has 0 aliphatic rings. The van der Waals surface area contributed by atoms with Gasteiger partial charge in [0.2, 0.25) is 0 Å². The molecule has 0 fully saturated rings. The Morgan fingerprint density at radius 1 is 0.853 bits per heavy atom. The van der Waals surface area contributed by atoms with Crippen molar-refractivity contribution in [1.82, 2.24) is 19.4 Å². The second kappa shape index (κ2) is 9.35. The largest absolute Gasteiger partial charge is 0.492 e. The second-order valence-corrected chi connectivity index (χ2v) is 8.75. The first-order chi connectivity index (χ1) is 16.6. The van der Waals surface area contributed by atoms with Gasteiger partial charge in [-0.15, -0.1) is 10.2 Å². The van der Waals surface area contributed by atoms with Crippen LogP contribution in [0.15, 0.2) is 103 Å². The van der Waals surface area contributed by atoms with E-state index >= 15 is 0 Å². The van der Waals surface area contributed by atoms with Crippen molar-refractivity contribution >= 4 is 17.1 Å². The van der Waals surface area contributed by atoms with Crippen molar-refractivity contribution in [3.8, 4) is 5.75 Å². The minimum Gasteiger partial charge on any atom is -0.492 e. The first kappa shape index (κ1) is 21.6. The molecule has 0 bridgehead atoms. The highest BCUT2D eigenvalue weighted by molar-refractivity contribution is 5.99. The molecule has 2 aromatic heterocycles. The first-order valence-electron chi connectivity index (χ1n) is 11.4. The van der Waals surface area contributed by atoms with Gasteiger partial charge in [0.15, 0.2) is 0 Å². The number of fused-ring (bicyclic) bond motifs is 1. The maximum absolute atomic E-state index is 6.09. The summed E-state index contributed by atoms with van der Waals surface area (Å²) in [5.41, 5.74) is 4.69. The van der Waals surface area contributed by atoms with Crippen LogP contribution in [0, 0.1) is 0 Å². The van der Waals surface area contributed by atoms with E-state index in [1.54, 1.807) is 17.3 Å². The molecule has 0 amide bonds. The Bertz CT molecular complexity index is 1380. The lowest BCUT2D eigenvalue weighted by molar-refractivity contribution is 0.300. The van der Waals surface area contributed by atoms with Gasteiger partial charge in [0.25, 0.3) is 0 Å². The van der Waals surface area contributed by atoms with Gasteiger partial charge in [-0.2, -0.15) is 5.10 Å². The quantitative estimate of drug-likeness (QED) is 0.293. The van der Waals surface area contributed by atoms with Crippen LogP contribution in [-0.2, 0) is 12.0 Å². The van der Waals surface area contributed by atoms with Crippen molar-refractivity contribution in [2.24, 2.45) is 5.10 Å². The summed E-state index contributed by atoms with van der Waals surface area (Å²) >= 11 is 0. The van der Waals surface area contributed by atoms with E-state index in [2.05, 4.69) is 107 Å². The van der Waals surface area contributed by atoms with E-state index in [0.717, 1.165) is 28.8 Å². The maximum Gasteiger partial charge on any atom is 0.141 e. The minimum atomic E-state index is -0.0609. The highest BCUT2D eigenvalue weighted by Crippen LogP contribution is 2.32. The summed E-state index contributed by atoms with van der Waals surface area (Å²) in [7, 11) is 0. The van der Waals surface area contributed by atoms with E-state index in [9.17, 15) is 0 Å². The van der Waals surface area contributed by atoms with Crippen LogP contribution in [0.2, 0.25) is 0 Å². The summed E-state index contributed by atoms with van der Waals surface area (Å²) in [4.78, 5) is 0. The van der Waals surface area contributed by atoms with Gasteiger partial charge in [-0.25, -0.2) is 4.68 Å². The molecule has 0 saturated heterocycles. The van der Waals surface area contributed by atoms with Crippen molar-refractivity contribution in [2.75, 3.05) is 6.61 Å². The highest BCUT2D eigenvalue weighted by Gasteiger charge is 2.22. The Hall–Kier alpha value is -4.19. The number of nitrogens with zero attached hydrogens (tertiary/aromatic N) is 5. The minimum absolute atomic E-state index is 0.0609. The molecule has 0 radical (unpaired) electrons. The fourth-order valence-corrected chi connectivity index (χ4v) is 4.20. The van der Waals surface area contributed by atoms with Crippen LogP contribution in [0.5, 0.6) is 5.75 Å². The summed E-state index contributed by atoms with van der Waals surface area (Å²) in [5.74, 6) is 0.874. The third-order valence-corrected chi connectivity index (χ3v) is 6.23. The zero-order chi connectivity index (χ0) is 23.4. The molecule has 3 aromatic carbocycles. The predicted molar refractivity (Wildman–Crippen MR) is 135 cm³/mol. The van der Waals surface area contributed by atoms with Crippen LogP contribution >= 0.6 is 0 Å². The summed E-state index contributed by atoms with van der Waals surface area (Å²) < 4.78 is 9.87. The smallest absolute Gasteiger partial charge is 0.141 e. The molecule has 0 N–H and O–H groups in total. The average molecular weight is 450 g/mol. The van der Waals surface area contributed by atoms with Crippen molar-refractivity contribution in [1.29, 1.82) is 0 Å². The number of hydrogen-bond donors (Lipinski definition) is 0. The molecular formula is C28H27N5O. The van der Waals surface area contributed by atoms with E-state index in [-0.39, 0.29) is 5.41 Å². The summed E-state index contributed by atoms with van der Waals surface area (Å²) in [5, 5.41) is 13.1. The van der Waals surface area contributed by atoms with Gasteiger partial charge in [-0.1, -0.05) is 74.5 Å². The summed E-state index contributed by atoms with van der Waals surface area (Å²) in [6.45, 7) is 5.81. The average Bonchev–Trinajstić information content (AvgIpc) is 3.52. The van der Waals surface area contributed by atoms with Gasteiger partial charge < -0.3 is 9.30 Å². The van der Waals surface area contributed by atoms with Crippen LogP contribution in [0.25, 0.3) is 10.9 Å². The monoisotopic (exact) mass is 449 g/mol. The zero-order valence-electron chi connectivity index (χ0n) is 19.4. The first-order valence-corrected chi connectivity index (χ1v) is 11.4. The lowest BCUT2D eigenvalue weighted by Crippen LogP contribution is -2.18. The van der Waals surface area contributed by atoms with Crippen molar-refractivity contribution in [2.45, 2.75) is 25.8 Å². The Morgan fingerprint density at radius 3 is 2.29 bits per heavy atom. The van der Waals surface area contributed by atoms with E-state index in [1.807, 2.05) is 18.3 Å². The maximum atomic E-state index is 6.09. The number of rotatable bonds is 8. The molecule has 0 saturated carbocycles. The van der Waals surface area contributed by atoms with Crippen molar-refractivity contribution < 1.29 is 4.74 Å². The third kappa shape index (κ3) is 4.48. The predicted octanol–water partition coefficient (Wildman–Crippen LogP) is 5.52. The van der Waals surface area contributed by atoms with Crippen LogP contribution < -0.4 is 4.74 Å². The molecule has 0 aliphatic carbocycles. The molecule has 0 unspecified atom stereocenters. The molecule has 6 heteroatoms. The molecule has 0 spiro atoms. The fraction of sp³-hybridized carbons (Fsp3) is 0.179. The topological polar surface area (TPSA) is 57.2 Å². The normalized spacial score (nSPS) is 11.9. The number of ether oxygens (including phenoxy) is 1. The zero-order valence-corrected chi connectivity index (χ0v) is 19.4. The molecule has 0 atom stereocenters.